The van der Waals surface area contributed by atoms with Gasteiger partial charge in [0.05, 0.1) is 24.9 Å². The summed E-state index contributed by atoms with van der Waals surface area (Å²) in [5, 5.41) is 12.9. The molecule has 1 saturated heterocycles. The third-order valence-electron chi connectivity index (χ3n) is 4.32. The molecule has 0 aromatic carbocycles. The van der Waals surface area contributed by atoms with E-state index in [1.165, 1.54) is 6.26 Å². The number of oxazole rings is 1. The smallest absolute Gasteiger partial charge is 0.273 e. The molecule has 0 bridgehead atoms. The maximum absolute atomic E-state index is 11.9. The Balaban J connectivity index is 1.70. The van der Waals surface area contributed by atoms with Crippen molar-refractivity contribution in [1.82, 2.24) is 20.1 Å². The maximum Gasteiger partial charge on any atom is 0.273 e. The second-order valence-corrected chi connectivity index (χ2v) is 8.04. The predicted octanol–water partition coefficient (Wildman–Crippen LogP) is 1.11. The molecule has 154 valence electrons. The van der Waals surface area contributed by atoms with E-state index in [9.17, 15) is 9.90 Å². The van der Waals surface area contributed by atoms with Gasteiger partial charge in [-0.25, -0.2) is 4.98 Å². The van der Waals surface area contributed by atoms with Gasteiger partial charge in [0.15, 0.2) is 5.69 Å². The first kappa shape index (κ1) is 21.8. The van der Waals surface area contributed by atoms with E-state index in [2.05, 4.69) is 20.1 Å². The fourth-order valence-corrected chi connectivity index (χ4v) is 2.84. The van der Waals surface area contributed by atoms with Crippen LogP contribution in [0, 0.1) is 0 Å². The van der Waals surface area contributed by atoms with Crippen molar-refractivity contribution in [2.45, 2.75) is 52.4 Å². The standard InChI is InChI=1S/C19H34N4O4/c1-5-6-20-18(25)16-14-26-17(21-16)12-23-9-7-22(8-10-23)11-15(24)13-27-19(2,3)4/h14-15,24H,5-13H2,1-4H3,(H,20,25). The SMILES string of the molecule is CCCNC(=O)c1coc(CN2CCN(CC(O)COC(C)(C)C)CC2)n1. The summed E-state index contributed by atoms with van der Waals surface area (Å²) in [7, 11) is 0. The highest BCUT2D eigenvalue weighted by molar-refractivity contribution is 5.91. The molecular weight excluding hydrogens is 348 g/mol. The molecule has 27 heavy (non-hydrogen) atoms. The van der Waals surface area contributed by atoms with Crippen LogP contribution in [0.5, 0.6) is 0 Å². The van der Waals surface area contributed by atoms with Gasteiger partial charge in [0.1, 0.15) is 6.26 Å². The number of amides is 1. The normalized spacial score (nSPS) is 17.8. The molecule has 1 atom stereocenters. The van der Waals surface area contributed by atoms with Crippen molar-refractivity contribution in [2.75, 3.05) is 45.9 Å². The molecule has 2 heterocycles. The Morgan fingerprint density at radius 3 is 2.63 bits per heavy atom. The minimum absolute atomic E-state index is 0.192. The van der Waals surface area contributed by atoms with E-state index >= 15 is 0 Å². The molecule has 1 aromatic heterocycles. The molecule has 1 unspecified atom stereocenters. The van der Waals surface area contributed by atoms with Crippen LogP contribution in [0.3, 0.4) is 0 Å². The number of β-amino-alcohol motifs (C(OH)–C–C–N with tert-alkyl or cyclic N) is 1. The van der Waals surface area contributed by atoms with Crippen molar-refractivity contribution in [3.8, 4) is 0 Å². The van der Waals surface area contributed by atoms with Crippen LogP contribution in [-0.4, -0.2) is 83.4 Å². The molecule has 1 amide bonds. The highest BCUT2D eigenvalue weighted by atomic mass is 16.5. The van der Waals surface area contributed by atoms with Crippen LogP contribution >= 0.6 is 0 Å². The van der Waals surface area contributed by atoms with Crippen LogP contribution in [0.4, 0.5) is 0 Å². The van der Waals surface area contributed by atoms with Gasteiger partial charge in [0.2, 0.25) is 5.89 Å². The third-order valence-corrected chi connectivity index (χ3v) is 4.32. The number of ether oxygens (including phenoxy) is 1. The molecule has 8 nitrogen and oxygen atoms in total. The zero-order chi connectivity index (χ0) is 19.9. The molecule has 1 aromatic rings. The molecule has 1 aliphatic rings. The van der Waals surface area contributed by atoms with Gasteiger partial charge in [-0.1, -0.05) is 6.92 Å². The first-order chi connectivity index (χ1) is 12.8. The van der Waals surface area contributed by atoms with E-state index in [1.54, 1.807) is 0 Å². The van der Waals surface area contributed by atoms with Crippen LogP contribution in [0.25, 0.3) is 0 Å². The number of carbonyl (C=O) groups excluding carboxylic acids is 1. The zero-order valence-electron chi connectivity index (χ0n) is 17.0. The summed E-state index contributed by atoms with van der Waals surface area (Å²) >= 11 is 0. The summed E-state index contributed by atoms with van der Waals surface area (Å²) in [5.41, 5.74) is 0.0983. The second-order valence-electron chi connectivity index (χ2n) is 8.04. The number of carbonyl (C=O) groups is 1. The van der Waals surface area contributed by atoms with E-state index in [1.807, 2.05) is 27.7 Å². The Kier molecular flexibility index (Phi) is 8.22. The molecule has 0 saturated carbocycles. The number of nitrogens with one attached hydrogen (secondary N) is 1. The van der Waals surface area contributed by atoms with Gasteiger partial charge in [-0.05, 0) is 27.2 Å². The minimum atomic E-state index is -0.480. The van der Waals surface area contributed by atoms with Crippen molar-refractivity contribution >= 4 is 5.91 Å². The van der Waals surface area contributed by atoms with Crippen molar-refractivity contribution in [3.63, 3.8) is 0 Å². The molecule has 0 spiro atoms. The van der Waals surface area contributed by atoms with Gasteiger partial charge in [-0.15, -0.1) is 0 Å². The van der Waals surface area contributed by atoms with Crippen molar-refractivity contribution in [2.24, 2.45) is 0 Å². The number of nitrogens with zero attached hydrogens (tertiary/aromatic N) is 3. The maximum atomic E-state index is 11.9. The summed E-state index contributed by atoms with van der Waals surface area (Å²) in [6.45, 7) is 13.6. The lowest BCUT2D eigenvalue weighted by Gasteiger charge is -2.35. The summed E-state index contributed by atoms with van der Waals surface area (Å²) in [5.74, 6) is 0.367. The topological polar surface area (TPSA) is 91.1 Å². The van der Waals surface area contributed by atoms with Crippen LogP contribution in [0.15, 0.2) is 10.7 Å². The first-order valence-corrected chi connectivity index (χ1v) is 9.76. The van der Waals surface area contributed by atoms with Gasteiger partial charge in [0.25, 0.3) is 5.91 Å². The summed E-state index contributed by atoms with van der Waals surface area (Å²) < 4.78 is 11.1. The molecule has 0 radical (unpaired) electrons. The third kappa shape index (κ3) is 7.96. The van der Waals surface area contributed by atoms with Gasteiger partial charge >= 0.3 is 0 Å². The van der Waals surface area contributed by atoms with Gasteiger partial charge in [-0.2, -0.15) is 0 Å². The van der Waals surface area contributed by atoms with Crippen LogP contribution in [-0.2, 0) is 11.3 Å². The number of aliphatic hydroxyl groups is 1. The Morgan fingerprint density at radius 2 is 2.00 bits per heavy atom. The Bertz CT molecular complexity index is 577. The van der Waals surface area contributed by atoms with Gasteiger partial charge in [-0.3, -0.25) is 14.6 Å². The van der Waals surface area contributed by atoms with E-state index in [0.717, 1.165) is 32.6 Å². The minimum Gasteiger partial charge on any atom is -0.447 e. The summed E-state index contributed by atoms with van der Waals surface area (Å²) in [4.78, 5) is 20.7. The number of rotatable bonds is 9. The molecule has 2 rings (SSSR count). The number of aliphatic hydroxyl groups excluding tert-OH is 1. The first-order valence-electron chi connectivity index (χ1n) is 9.76. The quantitative estimate of drug-likeness (QED) is 0.661. The van der Waals surface area contributed by atoms with Crippen LogP contribution in [0.2, 0.25) is 0 Å². The Morgan fingerprint density at radius 1 is 1.33 bits per heavy atom. The van der Waals surface area contributed by atoms with E-state index in [0.29, 0.717) is 37.8 Å². The Labute approximate surface area is 161 Å². The monoisotopic (exact) mass is 382 g/mol. The highest BCUT2D eigenvalue weighted by Gasteiger charge is 2.22. The molecule has 8 heteroatoms. The zero-order valence-corrected chi connectivity index (χ0v) is 17.0. The largest absolute Gasteiger partial charge is 0.447 e. The van der Waals surface area contributed by atoms with Gasteiger partial charge in [0, 0.05) is 39.3 Å². The lowest BCUT2D eigenvalue weighted by molar-refractivity contribution is -0.0588. The van der Waals surface area contributed by atoms with Crippen molar-refractivity contribution in [1.29, 1.82) is 0 Å². The highest BCUT2D eigenvalue weighted by Crippen LogP contribution is 2.11. The number of hydrogen-bond donors (Lipinski definition) is 2. The number of piperazine rings is 1. The van der Waals surface area contributed by atoms with Crippen LogP contribution < -0.4 is 5.32 Å². The fourth-order valence-electron chi connectivity index (χ4n) is 2.84. The van der Waals surface area contributed by atoms with Crippen molar-refractivity contribution in [3.05, 3.63) is 17.8 Å². The average molecular weight is 383 g/mol. The van der Waals surface area contributed by atoms with Crippen molar-refractivity contribution < 1.29 is 19.1 Å². The number of hydrogen-bond acceptors (Lipinski definition) is 7. The Hall–Kier alpha value is -1.48. The number of aromatic nitrogens is 1. The van der Waals surface area contributed by atoms with E-state index < -0.39 is 6.10 Å². The molecule has 0 aliphatic carbocycles. The fraction of sp³-hybridized carbons (Fsp3) is 0.789. The molecular formula is C19H34N4O4. The molecule has 2 N–H and O–H groups in total. The molecule has 1 aliphatic heterocycles. The lowest BCUT2D eigenvalue weighted by Crippen LogP contribution is -2.49. The predicted molar refractivity (Wildman–Crippen MR) is 103 cm³/mol. The van der Waals surface area contributed by atoms with E-state index in [4.69, 9.17) is 9.15 Å². The summed E-state index contributed by atoms with van der Waals surface area (Å²) in [6.07, 6.45) is 1.83. The summed E-state index contributed by atoms with van der Waals surface area (Å²) in [6, 6.07) is 0. The average Bonchev–Trinajstić information content (AvgIpc) is 3.07. The van der Waals surface area contributed by atoms with Crippen LogP contribution in [0.1, 0.15) is 50.5 Å². The lowest BCUT2D eigenvalue weighted by atomic mass is 10.2. The molecule has 1 fully saturated rings. The van der Waals surface area contributed by atoms with E-state index in [-0.39, 0.29) is 11.5 Å². The van der Waals surface area contributed by atoms with Gasteiger partial charge < -0.3 is 19.6 Å². The second kappa shape index (κ2) is 10.2.